The van der Waals surface area contributed by atoms with Crippen LogP contribution < -0.4 is 0 Å². The zero-order chi connectivity index (χ0) is 16.3. The summed E-state index contributed by atoms with van der Waals surface area (Å²) in [4.78, 5) is 6.70. The SMILES string of the molecule is C[C@@H](CC#CCN1CCCC[C@@H]1c1cccnc1)OCCC#N. The van der Waals surface area contributed by atoms with Crippen LogP contribution in [0.1, 0.15) is 50.6 Å². The summed E-state index contributed by atoms with van der Waals surface area (Å²) in [7, 11) is 0. The van der Waals surface area contributed by atoms with E-state index in [1.54, 1.807) is 0 Å². The van der Waals surface area contributed by atoms with Crippen LogP contribution in [0.3, 0.4) is 0 Å². The molecule has 1 aromatic rings. The van der Waals surface area contributed by atoms with Crippen molar-refractivity contribution in [2.75, 3.05) is 19.7 Å². The molecule has 4 heteroatoms. The maximum atomic E-state index is 8.49. The molecule has 0 spiro atoms. The quantitative estimate of drug-likeness (QED) is 0.597. The molecule has 0 amide bonds. The van der Waals surface area contributed by atoms with Crippen LogP contribution >= 0.6 is 0 Å². The van der Waals surface area contributed by atoms with Gasteiger partial charge in [-0.3, -0.25) is 9.88 Å². The Morgan fingerprint density at radius 2 is 2.35 bits per heavy atom. The lowest BCUT2D eigenvalue weighted by Crippen LogP contribution is -2.33. The van der Waals surface area contributed by atoms with E-state index in [2.05, 4.69) is 33.9 Å². The van der Waals surface area contributed by atoms with Crippen LogP contribution in [0.25, 0.3) is 0 Å². The third kappa shape index (κ3) is 6.02. The Labute approximate surface area is 139 Å². The minimum Gasteiger partial charge on any atom is -0.376 e. The summed E-state index contributed by atoms with van der Waals surface area (Å²) < 4.78 is 5.52. The maximum absolute atomic E-state index is 8.49. The lowest BCUT2D eigenvalue weighted by Gasteiger charge is -2.34. The van der Waals surface area contributed by atoms with Gasteiger partial charge in [0.2, 0.25) is 0 Å². The fraction of sp³-hybridized carbons (Fsp3) is 0.579. The number of pyridine rings is 1. The monoisotopic (exact) mass is 311 g/mol. The van der Waals surface area contributed by atoms with Crippen LogP contribution in [0.2, 0.25) is 0 Å². The standard InChI is InChI=1S/C19H25N3O/c1-17(23-15-7-11-20)8-2-4-13-22-14-5-3-10-19(22)18-9-6-12-21-16-18/h6,9,12,16-17,19H,3,5,7-8,10,13-15H2,1H3/t17-,19+/m0/s1. The summed E-state index contributed by atoms with van der Waals surface area (Å²) in [6.07, 6.45) is 8.74. The first-order valence-corrected chi connectivity index (χ1v) is 8.39. The van der Waals surface area contributed by atoms with Crippen molar-refractivity contribution in [2.24, 2.45) is 0 Å². The molecule has 1 aliphatic heterocycles. The number of likely N-dealkylation sites (tertiary alicyclic amines) is 1. The first kappa shape index (κ1) is 17.5. The summed E-state index contributed by atoms with van der Waals surface area (Å²) in [5.74, 6) is 6.50. The minimum absolute atomic E-state index is 0.0892. The summed E-state index contributed by atoms with van der Waals surface area (Å²) in [6.45, 7) is 4.40. The molecule has 0 bridgehead atoms. The second kappa shape index (κ2) is 10.0. The topological polar surface area (TPSA) is 49.2 Å². The molecular weight excluding hydrogens is 286 g/mol. The van der Waals surface area contributed by atoms with Crippen molar-refractivity contribution < 1.29 is 4.74 Å². The van der Waals surface area contributed by atoms with Gasteiger partial charge in [0.15, 0.2) is 0 Å². The molecule has 1 aliphatic rings. The predicted octanol–water partition coefficient (Wildman–Crippen LogP) is 3.32. The highest BCUT2D eigenvalue weighted by molar-refractivity contribution is 5.16. The van der Waals surface area contributed by atoms with E-state index < -0.39 is 0 Å². The molecule has 0 N–H and O–H groups in total. The van der Waals surface area contributed by atoms with Crippen LogP contribution in [0.4, 0.5) is 0 Å². The van der Waals surface area contributed by atoms with Gasteiger partial charge in [-0.05, 0) is 37.9 Å². The van der Waals surface area contributed by atoms with Crippen LogP contribution in [0.5, 0.6) is 0 Å². The van der Waals surface area contributed by atoms with Crippen LogP contribution in [-0.2, 0) is 4.74 Å². The predicted molar refractivity (Wildman–Crippen MR) is 90.4 cm³/mol. The van der Waals surface area contributed by atoms with E-state index in [0.717, 1.165) is 19.5 Å². The van der Waals surface area contributed by atoms with Gasteiger partial charge in [0.25, 0.3) is 0 Å². The average Bonchev–Trinajstić information content (AvgIpc) is 2.60. The molecule has 0 saturated carbocycles. The first-order chi connectivity index (χ1) is 11.3. The number of hydrogen-bond donors (Lipinski definition) is 0. The molecule has 2 heterocycles. The van der Waals surface area contributed by atoms with Gasteiger partial charge >= 0.3 is 0 Å². The molecule has 23 heavy (non-hydrogen) atoms. The van der Waals surface area contributed by atoms with Gasteiger partial charge in [0.1, 0.15) is 0 Å². The number of ether oxygens (including phenoxy) is 1. The van der Waals surface area contributed by atoms with Crippen molar-refractivity contribution in [3.63, 3.8) is 0 Å². The Kier molecular flexibility index (Phi) is 7.60. The number of piperidine rings is 1. The van der Waals surface area contributed by atoms with E-state index in [4.69, 9.17) is 10.00 Å². The lowest BCUT2D eigenvalue weighted by atomic mass is 9.96. The molecule has 1 aromatic heterocycles. The fourth-order valence-corrected chi connectivity index (χ4v) is 2.87. The third-order valence-electron chi connectivity index (χ3n) is 4.10. The van der Waals surface area contributed by atoms with Gasteiger partial charge in [-0.2, -0.15) is 5.26 Å². The molecule has 0 radical (unpaired) electrons. The Morgan fingerprint density at radius 1 is 1.43 bits per heavy atom. The Balaban J connectivity index is 1.81. The Hall–Kier alpha value is -1.88. The largest absolute Gasteiger partial charge is 0.376 e. The van der Waals surface area contributed by atoms with Gasteiger partial charge in [-0.15, -0.1) is 0 Å². The van der Waals surface area contributed by atoms with E-state index in [1.807, 2.05) is 25.4 Å². The van der Waals surface area contributed by atoms with Gasteiger partial charge in [0, 0.05) is 24.9 Å². The molecule has 0 aromatic carbocycles. The highest BCUT2D eigenvalue weighted by Crippen LogP contribution is 2.29. The van der Waals surface area contributed by atoms with E-state index in [0.29, 0.717) is 19.1 Å². The zero-order valence-electron chi connectivity index (χ0n) is 13.9. The number of rotatable bonds is 6. The van der Waals surface area contributed by atoms with Gasteiger partial charge in [-0.1, -0.05) is 24.3 Å². The van der Waals surface area contributed by atoms with Crippen molar-refractivity contribution in [2.45, 2.75) is 51.2 Å². The molecule has 1 saturated heterocycles. The Morgan fingerprint density at radius 3 is 3.13 bits per heavy atom. The number of hydrogen-bond acceptors (Lipinski definition) is 4. The van der Waals surface area contributed by atoms with Gasteiger partial charge < -0.3 is 4.74 Å². The number of nitriles is 1. The van der Waals surface area contributed by atoms with Crippen molar-refractivity contribution in [3.05, 3.63) is 30.1 Å². The van der Waals surface area contributed by atoms with E-state index in [-0.39, 0.29) is 6.10 Å². The normalized spacial score (nSPS) is 19.4. The van der Waals surface area contributed by atoms with Crippen molar-refractivity contribution >= 4 is 0 Å². The molecule has 2 rings (SSSR count). The molecule has 0 unspecified atom stereocenters. The van der Waals surface area contributed by atoms with Crippen molar-refractivity contribution in [1.82, 2.24) is 9.88 Å². The lowest BCUT2D eigenvalue weighted by molar-refractivity contribution is 0.0738. The smallest absolute Gasteiger partial charge is 0.0656 e. The van der Waals surface area contributed by atoms with E-state index in [9.17, 15) is 0 Å². The molecule has 122 valence electrons. The Bertz CT molecular complexity index is 555. The molecule has 1 fully saturated rings. The van der Waals surface area contributed by atoms with Crippen molar-refractivity contribution in [1.29, 1.82) is 5.26 Å². The van der Waals surface area contributed by atoms with Crippen LogP contribution in [-0.4, -0.2) is 35.7 Å². The van der Waals surface area contributed by atoms with Crippen LogP contribution in [0, 0.1) is 23.2 Å². The first-order valence-electron chi connectivity index (χ1n) is 8.39. The summed E-state index contributed by atoms with van der Waals surface area (Å²) >= 11 is 0. The number of aromatic nitrogens is 1. The van der Waals surface area contributed by atoms with E-state index in [1.165, 1.54) is 24.8 Å². The highest BCUT2D eigenvalue weighted by atomic mass is 16.5. The zero-order valence-corrected chi connectivity index (χ0v) is 13.9. The highest BCUT2D eigenvalue weighted by Gasteiger charge is 2.22. The third-order valence-corrected chi connectivity index (χ3v) is 4.10. The summed E-state index contributed by atoms with van der Waals surface area (Å²) in [5, 5.41) is 8.49. The van der Waals surface area contributed by atoms with Gasteiger partial charge in [0.05, 0.1) is 31.7 Å². The summed E-state index contributed by atoms with van der Waals surface area (Å²) in [6, 6.07) is 6.69. The summed E-state index contributed by atoms with van der Waals surface area (Å²) in [5.41, 5.74) is 1.29. The minimum atomic E-state index is 0.0892. The van der Waals surface area contributed by atoms with E-state index >= 15 is 0 Å². The van der Waals surface area contributed by atoms with Crippen molar-refractivity contribution in [3.8, 4) is 17.9 Å². The maximum Gasteiger partial charge on any atom is 0.0656 e. The molecule has 4 nitrogen and oxygen atoms in total. The second-order valence-corrected chi connectivity index (χ2v) is 5.92. The average molecular weight is 311 g/mol. The van der Waals surface area contributed by atoms with Crippen LogP contribution in [0.15, 0.2) is 24.5 Å². The fourth-order valence-electron chi connectivity index (χ4n) is 2.87. The molecule has 0 aliphatic carbocycles. The van der Waals surface area contributed by atoms with Gasteiger partial charge in [-0.25, -0.2) is 0 Å². The second-order valence-electron chi connectivity index (χ2n) is 5.92. The number of nitrogens with zero attached hydrogens (tertiary/aromatic N) is 3. The molecule has 2 atom stereocenters. The molecular formula is C19H25N3O.